The molecule has 0 spiro atoms. The number of nitrogens with zero attached hydrogens (tertiary/aromatic N) is 2. The third-order valence-electron chi connectivity index (χ3n) is 6.66. The summed E-state index contributed by atoms with van der Waals surface area (Å²) in [6, 6.07) is 13.3. The minimum Gasteiger partial charge on any atom is -0.467 e. The fourth-order valence-corrected chi connectivity index (χ4v) is 4.66. The van der Waals surface area contributed by atoms with Gasteiger partial charge in [0.2, 0.25) is 0 Å². The van der Waals surface area contributed by atoms with Gasteiger partial charge in [-0.3, -0.25) is 9.78 Å². The fourth-order valence-electron chi connectivity index (χ4n) is 4.66. The van der Waals surface area contributed by atoms with E-state index in [1.807, 2.05) is 58.2 Å². The average Bonchev–Trinajstić information content (AvgIpc) is 2.86. The van der Waals surface area contributed by atoms with Crippen molar-refractivity contribution in [3.63, 3.8) is 0 Å². The molecule has 7 nitrogen and oxygen atoms in total. The van der Waals surface area contributed by atoms with Gasteiger partial charge in [0.25, 0.3) is 5.91 Å². The molecule has 0 aliphatic heterocycles. The van der Waals surface area contributed by atoms with Crippen molar-refractivity contribution in [1.29, 1.82) is 0 Å². The summed E-state index contributed by atoms with van der Waals surface area (Å²) in [7, 11) is 1.33. The fraction of sp³-hybridized carbons (Fsp3) is 0.333. The molecule has 2 aromatic carbocycles. The van der Waals surface area contributed by atoms with Gasteiger partial charge in [0, 0.05) is 22.5 Å². The first-order valence-corrected chi connectivity index (χ1v) is 12.6. The lowest BCUT2D eigenvalue weighted by Gasteiger charge is -2.18. The summed E-state index contributed by atoms with van der Waals surface area (Å²) in [5, 5.41) is 4.87. The summed E-state index contributed by atoms with van der Waals surface area (Å²) in [6.45, 7) is 8.04. The highest BCUT2D eigenvalue weighted by atomic mass is 16.5. The number of carbonyl (C=O) groups excluding carboxylic acids is 2. The number of pyridine rings is 2. The van der Waals surface area contributed by atoms with Gasteiger partial charge < -0.3 is 15.8 Å². The molecule has 0 aliphatic rings. The third kappa shape index (κ3) is 5.88. The van der Waals surface area contributed by atoms with Gasteiger partial charge in [-0.15, -0.1) is 0 Å². The Balaban J connectivity index is 1.51. The van der Waals surface area contributed by atoms with Gasteiger partial charge in [-0.05, 0) is 85.5 Å². The highest BCUT2D eigenvalue weighted by Gasteiger charge is 2.23. The molecule has 0 saturated carbocycles. The van der Waals surface area contributed by atoms with E-state index in [1.54, 1.807) is 0 Å². The van der Waals surface area contributed by atoms with Crippen molar-refractivity contribution < 1.29 is 14.3 Å². The van der Waals surface area contributed by atoms with Crippen molar-refractivity contribution in [3.8, 4) is 0 Å². The maximum absolute atomic E-state index is 12.8. The molecular weight excluding hydrogens is 464 g/mol. The van der Waals surface area contributed by atoms with Crippen LogP contribution in [0.1, 0.15) is 52.9 Å². The smallest absolute Gasteiger partial charge is 0.328 e. The Hall–Kier alpha value is -4.00. The highest BCUT2D eigenvalue weighted by Crippen LogP contribution is 2.28. The number of methoxy groups -OCH3 is 1. The van der Waals surface area contributed by atoms with Crippen molar-refractivity contribution in [2.45, 2.75) is 53.0 Å². The van der Waals surface area contributed by atoms with Crippen molar-refractivity contribution in [2.75, 3.05) is 12.8 Å². The molecule has 2 aromatic heterocycles. The second-order valence-corrected chi connectivity index (χ2v) is 10.1. The third-order valence-corrected chi connectivity index (χ3v) is 6.66. The summed E-state index contributed by atoms with van der Waals surface area (Å²) < 4.78 is 4.86. The Morgan fingerprint density at radius 2 is 1.81 bits per heavy atom. The van der Waals surface area contributed by atoms with Gasteiger partial charge in [-0.1, -0.05) is 32.0 Å². The molecule has 2 heterocycles. The number of rotatable bonds is 8. The van der Waals surface area contributed by atoms with Crippen molar-refractivity contribution >= 4 is 39.5 Å². The lowest BCUT2D eigenvalue weighted by atomic mass is 9.97. The molecule has 0 aliphatic carbocycles. The van der Waals surface area contributed by atoms with Crippen LogP contribution in [0.15, 0.2) is 48.7 Å². The number of nitrogens with one attached hydrogen (secondary N) is 1. The van der Waals surface area contributed by atoms with Crippen LogP contribution < -0.4 is 11.1 Å². The van der Waals surface area contributed by atoms with Gasteiger partial charge in [-0.25, -0.2) is 9.78 Å². The van der Waals surface area contributed by atoms with Crippen LogP contribution in [0.3, 0.4) is 0 Å². The number of nitrogen functional groups attached to an aromatic ring is 1. The molecule has 0 radical (unpaired) electrons. The lowest BCUT2D eigenvalue weighted by Crippen LogP contribution is -2.42. The Bertz CT molecular complexity index is 1480. The van der Waals surface area contributed by atoms with E-state index in [1.165, 1.54) is 7.11 Å². The van der Waals surface area contributed by atoms with Crippen molar-refractivity contribution in [2.24, 2.45) is 5.92 Å². The topological polar surface area (TPSA) is 107 Å². The zero-order chi connectivity index (χ0) is 26.7. The molecule has 0 fully saturated rings. The van der Waals surface area contributed by atoms with Crippen molar-refractivity contribution in [3.05, 3.63) is 76.5 Å². The molecule has 192 valence electrons. The largest absolute Gasteiger partial charge is 0.467 e. The van der Waals surface area contributed by atoms with Crippen LogP contribution in [0.4, 0.5) is 5.82 Å². The van der Waals surface area contributed by atoms with Gasteiger partial charge in [0.05, 0.1) is 12.6 Å². The second-order valence-electron chi connectivity index (χ2n) is 10.1. The predicted molar refractivity (Wildman–Crippen MR) is 148 cm³/mol. The molecule has 3 N–H and O–H groups in total. The van der Waals surface area contributed by atoms with E-state index in [4.69, 9.17) is 10.5 Å². The van der Waals surface area contributed by atoms with E-state index >= 15 is 0 Å². The average molecular weight is 499 g/mol. The number of fused-ring (bicyclic) bond motifs is 3. The quantitative estimate of drug-likeness (QED) is 0.259. The zero-order valence-corrected chi connectivity index (χ0v) is 22.1. The van der Waals surface area contributed by atoms with E-state index in [-0.39, 0.29) is 11.8 Å². The summed E-state index contributed by atoms with van der Waals surface area (Å²) in [5.74, 6) is -0.0299. The van der Waals surface area contributed by atoms with E-state index in [0.29, 0.717) is 17.8 Å². The highest BCUT2D eigenvalue weighted by molar-refractivity contribution is 6.08. The Labute approximate surface area is 217 Å². The van der Waals surface area contributed by atoms with Crippen LogP contribution in [0.5, 0.6) is 0 Å². The van der Waals surface area contributed by atoms with Gasteiger partial charge in [-0.2, -0.15) is 0 Å². The summed E-state index contributed by atoms with van der Waals surface area (Å²) >= 11 is 0. The first-order chi connectivity index (χ1) is 17.7. The molecule has 4 aromatic rings. The van der Waals surface area contributed by atoms with Crippen LogP contribution in [0, 0.1) is 19.8 Å². The molecule has 1 unspecified atom stereocenters. The number of hydrogen-bond acceptors (Lipinski definition) is 6. The molecule has 37 heavy (non-hydrogen) atoms. The number of benzene rings is 2. The maximum atomic E-state index is 12.8. The number of hydrogen-bond donors (Lipinski definition) is 2. The first-order valence-electron chi connectivity index (χ1n) is 12.6. The molecule has 0 bridgehead atoms. The van der Waals surface area contributed by atoms with E-state index in [9.17, 15) is 9.59 Å². The Morgan fingerprint density at radius 3 is 2.51 bits per heavy atom. The number of carbonyl (C=O) groups is 2. The number of ether oxygens (including phenoxy) is 1. The van der Waals surface area contributed by atoms with E-state index < -0.39 is 12.0 Å². The lowest BCUT2D eigenvalue weighted by molar-refractivity contribution is -0.143. The van der Waals surface area contributed by atoms with E-state index in [2.05, 4.69) is 33.5 Å². The summed E-state index contributed by atoms with van der Waals surface area (Å²) in [5.41, 5.74) is 12.7. The normalized spacial score (nSPS) is 12.2. The number of amides is 1. The SMILES string of the molecule is COC(=O)C(CC(C)C)NC(=O)c1ccc(CCc2cnc3c(N)nc4cc(C)ccc4c3c2)c(C)c1. The number of anilines is 1. The minimum atomic E-state index is -0.665. The van der Waals surface area contributed by atoms with Gasteiger partial charge in [0.1, 0.15) is 11.6 Å². The maximum Gasteiger partial charge on any atom is 0.328 e. The molecule has 1 amide bonds. The molecular formula is C30H34N4O3. The number of nitrogens with two attached hydrogens (primary N) is 1. The van der Waals surface area contributed by atoms with Crippen LogP contribution in [-0.4, -0.2) is 35.0 Å². The monoisotopic (exact) mass is 498 g/mol. The van der Waals surface area contributed by atoms with Crippen LogP contribution in [-0.2, 0) is 22.4 Å². The molecule has 1 atom stereocenters. The predicted octanol–water partition coefficient (Wildman–Crippen LogP) is 5.08. The van der Waals surface area contributed by atoms with Crippen LogP contribution in [0.2, 0.25) is 0 Å². The van der Waals surface area contributed by atoms with E-state index in [0.717, 1.165) is 56.9 Å². The number of esters is 1. The Morgan fingerprint density at radius 1 is 1.03 bits per heavy atom. The standard InChI is InChI=1S/C30H34N4O3/c1-17(2)12-26(30(36)37-5)34-29(35)22-10-9-21(19(4)14-22)8-7-20-15-24-23-11-6-18(3)13-25(23)33-28(31)27(24)32-16-20/h6,9-11,13-17,26H,7-8,12H2,1-5H3,(H2,31,33)(H,34,35). The zero-order valence-electron chi connectivity index (χ0n) is 22.1. The van der Waals surface area contributed by atoms with Crippen molar-refractivity contribution in [1.82, 2.24) is 15.3 Å². The minimum absolute atomic E-state index is 0.243. The van der Waals surface area contributed by atoms with Gasteiger partial charge in [0.15, 0.2) is 5.82 Å². The molecule has 7 heteroatoms. The van der Waals surface area contributed by atoms with Gasteiger partial charge >= 0.3 is 5.97 Å². The number of aryl methyl sites for hydroxylation is 4. The van der Waals surface area contributed by atoms with Crippen LogP contribution >= 0.6 is 0 Å². The summed E-state index contributed by atoms with van der Waals surface area (Å²) in [4.78, 5) is 34.1. The van der Waals surface area contributed by atoms with Crippen LogP contribution in [0.25, 0.3) is 21.8 Å². The molecule has 4 rings (SSSR count). The molecule has 0 saturated heterocycles. The summed E-state index contributed by atoms with van der Waals surface area (Å²) in [6.07, 6.45) is 3.98. The Kier molecular flexibility index (Phi) is 7.71. The first kappa shape index (κ1) is 26.1. The second kappa shape index (κ2) is 10.9. The number of aromatic nitrogens is 2.